The Kier molecular flexibility index (Phi) is 6.97. The number of aromatic nitrogens is 2. The molecular weight excluding hydrogens is 302 g/mol. The number of nitrogens with zero attached hydrogens (tertiary/aromatic N) is 1. The van der Waals surface area contributed by atoms with Crippen LogP contribution in [0, 0.1) is 5.92 Å². The van der Waals surface area contributed by atoms with Crippen LogP contribution in [0.3, 0.4) is 0 Å². The average molecular weight is 329 g/mol. The third kappa shape index (κ3) is 5.18. The lowest BCUT2D eigenvalue weighted by Gasteiger charge is -2.15. The van der Waals surface area contributed by atoms with E-state index < -0.39 is 0 Å². The maximum atomic E-state index is 12.0. The number of aryl methyl sites for hydroxylation is 1. The topological polar surface area (TPSA) is 74.8 Å². The monoisotopic (exact) mass is 329 g/mol. The zero-order valence-electron chi connectivity index (χ0n) is 14.6. The van der Waals surface area contributed by atoms with Gasteiger partial charge in [-0.25, -0.2) is 4.98 Å². The number of H-pyrrole nitrogens is 1. The van der Waals surface area contributed by atoms with Gasteiger partial charge in [0.1, 0.15) is 5.82 Å². The number of unbranched alkanes of at least 4 members (excludes halogenated alkanes) is 1. The summed E-state index contributed by atoms with van der Waals surface area (Å²) in [6.45, 7) is 5.08. The molecule has 1 heterocycles. The van der Waals surface area contributed by atoms with E-state index in [1.54, 1.807) is 6.07 Å². The first-order chi connectivity index (χ1) is 11.6. The minimum absolute atomic E-state index is 0.0146. The fourth-order valence-electron chi connectivity index (χ4n) is 2.78. The summed E-state index contributed by atoms with van der Waals surface area (Å²) in [7, 11) is 0. The van der Waals surface area contributed by atoms with Crippen molar-refractivity contribution in [2.45, 2.75) is 52.4 Å². The highest BCUT2D eigenvalue weighted by atomic mass is 16.1. The molecule has 1 unspecified atom stereocenters. The molecule has 1 amide bonds. The molecule has 0 saturated heterocycles. The molecule has 0 radical (unpaired) electrons. The largest absolute Gasteiger partial charge is 0.356 e. The van der Waals surface area contributed by atoms with Gasteiger partial charge in [0, 0.05) is 19.4 Å². The first-order valence-corrected chi connectivity index (χ1v) is 8.88. The van der Waals surface area contributed by atoms with Gasteiger partial charge in [0.15, 0.2) is 0 Å². The van der Waals surface area contributed by atoms with Gasteiger partial charge in [0.2, 0.25) is 5.91 Å². The minimum Gasteiger partial charge on any atom is -0.356 e. The van der Waals surface area contributed by atoms with Crippen LogP contribution in [0.4, 0.5) is 0 Å². The molecule has 1 atom stereocenters. The summed E-state index contributed by atoms with van der Waals surface area (Å²) in [5.41, 5.74) is 0.517. The highest BCUT2D eigenvalue weighted by Gasteiger charge is 2.10. The zero-order chi connectivity index (χ0) is 17.4. The van der Waals surface area contributed by atoms with Gasteiger partial charge in [0.25, 0.3) is 5.56 Å². The number of rotatable bonds is 9. The number of aromatic amines is 1. The Hall–Kier alpha value is -2.17. The Morgan fingerprint density at radius 3 is 2.83 bits per heavy atom. The first-order valence-electron chi connectivity index (χ1n) is 8.88. The number of hydrogen-bond donors (Lipinski definition) is 2. The quantitative estimate of drug-likeness (QED) is 0.742. The number of para-hydroxylation sites is 1. The van der Waals surface area contributed by atoms with E-state index >= 15 is 0 Å². The molecule has 0 aliphatic rings. The molecule has 5 nitrogen and oxygen atoms in total. The number of nitrogens with one attached hydrogen (secondary N) is 2. The molecule has 0 saturated carbocycles. The summed E-state index contributed by atoms with van der Waals surface area (Å²) in [4.78, 5) is 31.2. The van der Waals surface area contributed by atoms with Crippen LogP contribution >= 0.6 is 0 Å². The van der Waals surface area contributed by atoms with E-state index in [0.717, 1.165) is 19.4 Å². The van der Waals surface area contributed by atoms with Crippen LogP contribution in [-0.2, 0) is 11.2 Å². The highest BCUT2D eigenvalue weighted by Crippen LogP contribution is 2.11. The number of carbonyl (C=O) groups excluding carboxylic acids is 1. The van der Waals surface area contributed by atoms with Gasteiger partial charge in [-0.2, -0.15) is 0 Å². The predicted octanol–water partition coefficient (Wildman–Crippen LogP) is 3.19. The molecule has 0 fully saturated rings. The number of amides is 1. The minimum atomic E-state index is -0.151. The van der Waals surface area contributed by atoms with E-state index in [0.29, 0.717) is 35.5 Å². The lowest BCUT2D eigenvalue weighted by atomic mass is 9.99. The van der Waals surface area contributed by atoms with Crippen LogP contribution in [-0.4, -0.2) is 22.4 Å². The van der Waals surface area contributed by atoms with E-state index in [1.165, 1.54) is 12.8 Å². The van der Waals surface area contributed by atoms with E-state index in [4.69, 9.17) is 0 Å². The van der Waals surface area contributed by atoms with Crippen LogP contribution in [0.1, 0.15) is 51.8 Å². The molecule has 0 spiro atoms. The normalized spacial score (nSPS) is 12.2. The van der Waals surface area contributed by atoms with Crippen LogP contribution in [0.25, 0.3) is 10.9 Å². The molecule has 1 aromatic heterocycles. The average Bonchev–Trinajstić information content (AvgIpc) is 2.60. The van der Waals surface area contributed by atoms with Crippen molar-refractivity contribution in [1.82, 2.24) is 15.3 Å². The van der Waals surface area contributed by atoms with Crippen LogP contribution < -0.4 is 10.9 Å². The highest BCUT2D eigenvalue weighted by molar-refractivity contribution is 5.78. The SMILES string of the molecule is CCCCC(CC)CNC(=O)CCc1nc2ccccc2c(=O)[nH]1. The lowest BCUT2D eigenvalue weighted by molar-refractivity contribution is -0.121. The van der Waals surface area contributed by atoms with Gasteiger partial charge in [0.05, 0.1) is 10.9 Å². The summed E-state index contributed by atoms with van der Waals surface area (Å²) >= 11 is 0. The molecule has 2 aromatic rings. The van der Waals surface area contributed by atoms with E-state index in [9.17, 15) is 9.59 Å². The second-order valence-corrected chi connectivity index (χ2v) is 6.25. The Labute approximate surface area is 142 Å². The van der Waals surface area contributed by atoms with Crippen molar-refractivity contribution in [3.8, 4) is 0 Å². The van der Waals surface area contributed by atoms with Crippen molar-refractivity contribution < 1.29 is 4.79 Å². The molecule has 5 heteroatoms. The van der Waals surface area contributed by atoms with Gasteiger partial charge in [-0.15, -0.1) is 0 Å². The fourth-order valence-corrected chi connectivity index (χ4v) is 2.78. The lowest BCUT2D eigenvalue weighted by Crippen LogP contribution is -2.29. The summed E-state index contributed by atoms with van der Waals surface area (Å²) in [6.07, 6.45) is 5.41. The molecule has 0 aliphatic carbocycles. The molecule has 2 N–H and O–H groups in total. The van der Waals surface area contributed by atoms with Crippen molar-refractivity contribution in [3.05, 3.63) is 40.4 Å². The van der Waals surface area contributed by atoms with E-state index in [-0.39, 0.29) is 11.5 Å². The van der Waals surface area contributed by atoms with E-state index in [2.05, 4.69) is 29.1 Å². The predicted molar refractivity (Wildman–Crippen MR) is 97.0 cm³/mol. The van der Waals surface area contributed by atoms with Gasteiger partial charge >= 0.3 is 0 Å². The smallest absolute Gasteiger partial charge is 0.258 e. The molecule has 24 heavy (non-hydrogen) atoms. The number of carbonyl (C=O) groups is 1. The van der Waals surface area contributed by atoms with E-state index in [1.807, 2.05) is 18.2 Å². The standard InChI is InChI=1S/C19H27N3O2/c1-3-5-8-14(4-2)13-20-18(23)12-11-17-21-16-10-7-6-9-15(16)19(24)22-17/h6-7,9-10,14H,3-5,8,11-13H2,1-2H3,(H,20,23)(H,21,22,24). The van der Waals surface area contributed by atoms with Gasteiger partial charge in [-0.3, -0.25) is 9.59 Å². The second kappa shape index (κ2) is 9.21. The number of benzene rings is 1. The van der Waals surface area contributed by atoms with Crippen molar-refractivity contribution in [2.24, 2.45) is 5.92 Å². The Balaban J connectivity index is 1.86. The van der Waals surface area contributed by atoms with Gasteiger partial charge < -0.3 is 10.3 Å². The Bertz CT molecular complexity index is 724. The Morgan fingerprint density at radius 2 is 2.08 bits per heavy atom. The van der Waals surface area contributed by atoms with Crippen LogP contribution in [0.15, 0.2) is 29.1 Å². The Morgan fingerprint density at radius 1 is 1.29 bits per heavy atom. The summed E-state index contributed by atoms with van der Waals surface area (Å²) in [5.74, 6) is 1.13. The molecular formula is C19H27N3O2. The molecule has 2 rings (SSSR count). The molecule has 0 aliphatic heterocycles. The maximum absolute atomic E-state index is 12.0. The van der Waals surface area contributed by atoms with Crippen LogP contribution in [0.2, 0.25) is 0 Å². The third-order valence-corrected chi connectivity index (χ3v) is 4.38. The first kappa shape index (κ1) is 18.2. The van der Waals surface area contributed by atoms with Crippen LogP contribution in [0.5, 0.6) is 0 Å². The maximum Gasteiger partial charge on any atom is 0.258 e. The molecule has 130 valence electrons. The molecule has 1 aromatic carbocycles. The van der Waals surface area contributed by atoms with Crippen molar-refractivity contribution in [3.63, 3.8) is 0 Å². The van der Waals surface area contributed by atoms with Gasteiger partial charge in [-0.1, -0.05) is 45.2 Å². The third-order valence-electron chi connectivity index (χ3n) is 4.38. The summed E-state index contributed by atoms with van der Waals surface area (Å²) in [6, 6.07) is 7.23. The number of fused-ring (bicyclic) bond motifs is 1. The molecule has 0 bridgehead atoms. The summed E-state index contributed by atoms with van der Waals surface area (Å²) in [5, 5.41) is 3.58. The van der Waals surface area contributed by atoms with Crippen molar-refractivity contribution >= 4 is 16.8 Å². The van der Waals surface area contributed by atoms with Gasteiger partial charge in [-0.05, 0) is 24.5 Å². The number of hydrogen-bond acceptors (Lipinski definition) is 3. The summed E-state index contributed by atoms with van der Waals surface area (Å²) < 4.78 is 0. The fraction of sp³-hybridized carbons (Fsp3) is 0.526. The van der Waals surface area contributed by atoms with Crippen molar-refractivity contribution in [1.29, 1.82) is 0 Å². The zero-order valence-corrected chi connectivity index (χ0v) is 14.6. The second-order valence-electron chi connectivity index (χ2n) is 6.25. The van der Waals surface area contributed by atoms with Crippen molar-refractivity contribution in [2.75, 3.05) is 6.54 Å².